The number of nitrogens with zero attached hydrogens (tertiary/aromatic N) is 3. The van der Waals surface area contributed by atoms with Gasteiger partial charge in [-0.15, -0.1) is 0 Å². The molecule has 3 heterocycles. The maximum absolute atomic E-state index is 6.08. The molecule has 1 atom stereocenters. The van der Waals surface area contributed by atoms with Crippen LogP contribution in [0.2, 0.25) is 0 Å². The van der Waals surface area contributed by atoms with Gasteiger partial charge in [0.2, 0.25) is 0 Å². The van der Waals surface area contributed by atoms with Gasteiger partial charge in [-0.25, -0.2) is 0 Å². The van der Waals surface area contributed by atoms with Crippen molar-refractivity contribution in [3.63, 3.8) is 0 Å². The van der Waals surface area contributed by atoms with Crippen molar-refractivity contribution in [2.75, 3.05) is 59.0 Å². The predicted octanol–water partition coefficient (Wildman–Crippen LogP) is 1.35. The molecule has 0 radical (unpaired) electrons. The monoisotopic (exact) mass is 363 g/mol. The van der Waals surface area contributed by atoms with Gasteiger partial charge in [-0.3, -0.25) is 14.8 Å². The van der Waals surface area contributed by atoms with E-state index in [1.807, 2.05) is 13.0 Å². The lowest BCUT2D eigenvalue weighted by Crippen LogP contribution is -2.39. The molecule has 26 heavy (non-hydrogen) atoms. The van der Waals surface area contributed by atoms with Crippen LogP contribution in [0.4, 0.5) is 0 Å². The molecule has 0 bridgehead atoms. The molecule has 2 saturated heterocycles. The number of aliphatic imine (C=N–C) groups is 1. The Labute approximate surface area is 156 Å². The first-order valence-electron chi connectivity index (χ1n) is 9.86. The zero-order chi connectivity index (χ0) is 18.2. The highest BCUT2D eigenvalue weighted by atomic mass is 16.5. The molecular formula is C19H33N5O2. The lowest BCUT2D eigenvalue weighted by molar-refractivity contribution is 0.0376. The Kier molecular flexibility index (Phi) is 7.34. The van der Waals surface area contributed by atoms with E-state index in [4.69, 9.17) is 14.9 Å². The third kappa shape index (κ3) is 5.72. The van der Waals surface area contributed by atoms with Gasteiger partial charge in [-0.2, -0.15) is 0 Å². The van der Waals surface area contributed by atoms with Gasteiger partial charge in [0.1, 0.15) is 11.5 Å². The van der Waals surface area contributed by atoms with E-state index >= 15 is 0 Å². The van der Waals surface area contributed by atoms with E-state index in [1.54, 1.807) is 0 Å². The second-order valence-corrected chi connectivity index (χ2v) is 7.17. The number of morpholine rings is 1. The minimum atomic E-state index is 0.180. The van der Waals surface area contributed by atoms with Crippen molar-refractivity contribution in [1.82, 2.24) is 15.1 Å². The van der Waals surface area contributed by atoms with Crippen LogP contribution in [-0.2, 0) is 4.74 Å². The summed E-state index contributed by atoms with van der Waals surface area (Å²) in [5.41, 5.74) is 6.08. The van der Waals surface area contributed by atoms with E-state index in [9.17, 15) is 0 Å². The quantitative estimate of drug-likeness (QED) is 0.412. The maximum atomic E-state index is 6.08. The van der Waals surface area contributed by atoms with Gasteiger partial charge >= 0.3 is 0 Å². The van der Waals surface area contributed by atoms with Crippen molar-refractivity contribution in [3.05, 3.63) is 23.7 Å². The summed E-state index contributed by atoms with van der Waals surface area (Å²) in [5, 5.41) is 3.25. The molecule has 0 spiro atoms. The molecule has 1 unspecified atom stereocenters. The first-order valence-corrected chi connectivity index (χ1v) is 9.86. The lowest BCUT2D eigenvalue weighted by Gasteiger charge is -2.26. The fourth-order valence-electron chi connectivity index (χ4n) is 3.66. The van der Waals surface area contributed by atoms with Crippen molar-refractivity contribution < 1.29 is 9.15 Å². The molecule has 1 aromatic heterocycles. The van der Waals surface area contributed by atoms with E-state index in [1.165, 1.54) is 12.8 Å². The first kappa shape index (κ1) is 19.2. The van der Waals surface area contributed by atoms with E-state index in [0.29, 0.717) is 12.5 Å². The number of ether oxygens (including phenoxy) is 1. The highest BCUT2D eigenvalue weighted by Gasteiger charge is 2.25. The number of nitrogens with one attached hydrogen (secondary N) is 1. The Bertz CT molecular complexity index is 562. The Morgan fingerprint density at radius 2 is 2.00 bits per heavy atom. The molecule has 2 fully saturated rings. The minimum absolute atomic E-state index is 0.180. The molecule has 1 aromatic rings. The Morgan fingerprint density at radius 1 is 1.23 bits per heavy atom. The second-order valence-electron chi connectivity index (χ2n) is 7.17. The van der Waals surface area contributed by atoms with Crippen LogP contribution in [0.3, 0.4) is 0 Å². The van der Waals surface area contributed by atoms with Gasteiger partial charge in [0.15, 0.2) is 5.96 Å². The highest BCUT2D eigenvalue weighted by Crippen LogP contribution is 2.26. The summed E-state index contributed by atoms with van der Waals surface area (Å²) in [4.78, 5) is 9.47. The molecule has 0 aliphatic carbocycles. The number of nitrogens with two attached hydrogens (primary N) is 1. The van der Waals surface area contributed by atoms with Gasteiger partial charge in [0.25, 0.3) is 0 Å². The summed E-state index contributed by atoms with van der Waals surface area (Å²) < 4.78 is 11.2. The van der Waals surface area contributed by atoms with Crippen LogP contribution in [0.1, 0.15) is 36.8 Å². The predicted molar refractivity (Wildman–Crippen MR) is 103 cm³/mol. The van der Waals surface area contributed by atoms with Gasteiger partial charge in [0.05, 0.1) is 25.8 Å². The number of hydrogen-bond acceptors (Lipinski definition) is 5. The normalized spacial score (nSPS) is 21.2. The van der Waals surface area contributed by atoms with Crippen LogP contribution >= 0.6 is 0 Å². The van der Waals surface area contributed by atoms with Crippen molar-refractivity contribution in [2.45, 2.75) is 32.2 Å². The summed E-state index contributed by atoms with van der Waals surface area (Å²) >= 11 is 0. The molecule has 0 saturated carbocycles. The number of furan rings is 1. The standard InChI is InChI=1S/C19H33N5O2/c1-16-5-6-18(26-16)17(24-9-2-3-10-24)15-22-19(20)21-7-4-8-23-11-13-25-14-12-23/h5-6,17H,2-4,7-15H2,1H3,(H3,20,21,22). The summed E-state index contributed by atoms with van der Waals surface area (Å²) in [5.74, 6) is 2.47. The lowest BCUT2D eigenvalue weighted by atomic mass is 10.2. The van der Waals surface area contributed by atoms with Crippen LogP contribution in [0.25, 0.3) is 0 Å². The molecule has 2 aliphatic heterocycles. The van der Waals surface area contributed by atoms with Gasteiger partial charge in [0, 0.05) is 19.6 Å². The van der Waals surface area contributed by atoms with E-state index in [0.717, 1.165) is 70.4 Å². The molecule has 7 nitrogen and oxygen atoms in total. The van der Waals surface area contributed by atoms with Crippen molar-refractivity contribution in [3.8, 4) is 0 Å². The summed E-state index contributed by atoms with van der Waals surface area (Å²) in [6, 6.07) is 4.27. The number of likely N-dealkylation sites (tertiary alicyclic amines) is 1. The SMILES string of the molecule is Cc1ccc(C(CN=C(N)NCCCN2CCOCC2)N2CCCC2)o1. The molecule has 3 N–H and O–H groups in total. The molecule has 2 aliphatic rings. The zero-order valence-electron chi connectivity index (χ0n) is 16.0. The topological polar surface area (TPSA) is 79.3 Å². The van der Waals surface area contributed by atoms with Crippen LogP contribution < -0.4 is 11.1 Å². The molecule has 0 amide bonds. The van der Waals surface area contributed by atoms with Gasteiger partial charge in [-0.05, 0) is 58.0 Å². The fraction of sp³-hybridized carbons (Fsp3) is 0.737. The highest BCUT2D eigenvalue weighted by molar-refractivity contribution is 5.77. The molecule has 3 rings (SSSR count). The Balaban J connectivity index is 1.44. The van der Waals surface area contributed by atoms with E-state index in [-0.39, 0.29) is 6.04 Å². The third-order valence-corrected chi connectivity index (χ3v) is 5.17. The largest absolute Gasteiger partial charge is 0.465 e. The van der Waals surface area contributed by atoms with Crippen LogP contribution in [0.5, 0.6) is 0 Å². The molecule has 0 aromatic carbocycles. The van der Waals surface area contributed by atoms with Gasteiger partial charge in [-0.1, -0.05) is 0 Å². The number of rotatable bonds is 8. The van der Waals surface area contributed by atoms with Crippen LogP contribution in [-0.4, -0.2) is 74.8 Å². The molecule has 146 valence electrons. The summed E-state index contributed by atoms with van der Waals surface area (Å²) in [6.07, 6.45) is 3.55. The number of aryl methyl sites for hydroxylation is 1. The van der Waals surface area contributed by atoms with Gasteiger partial charge < -0.3 is 20.2 Å². The Morgan fingerprint density at radius 3 is 2.69 bits per heavy atom. The number of guanidine groups is 1. The minimum Gasteiger partial charge on any atom is -0.465 e. The molecular weight excluding hydrogens is 330 g/mol. The third-order valence-electron chi connectivity index (χ3n) is 5.17. The maximum Gasteiger partial charge on any atom is 0.188 e. The van der Waals surface area contributed by atoms with Crippen molar-refractivity contribution >= 4 is 5.96 Å². The van der Waals surface area contributed by atoms with Crippen molar-refractivity contribution in [1.29, 1.82) is 0 Å². The van der Waals surface area contributed by atoms with Crippen LogP contribution in [0.15, 0.2) is 21.5 Å². The summed E-state index contributed by atoms with van der Waals surface area (Å²) in [7, 11) is 0. The average Bonchev–Trinajstić information content (AvgIpc) is 3.32. The Hall–Kier alpha value is -1.57. The van der Waals surface area contributed by atoms with E-state index < -0.39 is 0 Å². The average molecular weight is 364 g/mol. The van der Waals surface area contributed by atoms with E-state index in [2.05, 4.69) is 26.2 Å². The smallest absolute Gasteiger partial charge is 0.188 e. The summed E-state index contributed by atoms with van der Waals surface area (Å²) in [6.45, 7) is 10.5. The second kappa shape index (κ2) is 9.94. The zero-order valence-corrected chi connectivity index (χ0v) is 16.0. The van der Waals surface area contributed by atoms with Crippen LogP contribution in [0, 0.1) is 6.92 Å². The van der Waals surface area contributed by atoms with Crippen molar-refractivity contribution in [2.24, 2.45) is 10.7 Å². The first-order chi connectivity index (χ1) is 12.7. The fourth-order valence-corrected chi connectivity index (χ4v) is 3.66. The number of hydrogen-bond donors (Lipinski definition) is 2. The molecule has 7 heteroatoms.